The average molecular weight is 307 g/mol. The van der Waals surface area contributed by atoms with Crippen molar-refractivity contribution >= 4 is 0 Å². The molecule has 2 rings (SSSR count). The topological polar surface area (TPSA) is 33.0 Å². The van der Waals surface area contributed by atoms with Gasteiger partial charge in [0.05, 0.1) is 18.2 Å². The second-order valence-corrected chi connectivity index (χ2v) is 5.80. The lowest BCUT2D eigenvalue weighted by molar-refractivity contribution is 0.304. The maximum absolute atomic E-state index is 9.39. The molecule has 2 nitrogen and oxygen atoms in total. The molecular weight excluding hydrogens is 282 g/mol. The second-order valence-electron chi connectivity index (χ2n) is 5.80. The van der Waals surface area contributed by atoms with Gasteiger partial charge in [0.1, 0.15) is 5.75 Å². The van der Waals surface area contributed by atoms with E-state index in [1.807, 2.05) is 48.5 Å². The Balaban J connectivity index is 1.89. The van der Waals surface area contributed by atoms with Gasteiger partial charge in [0.2, 0.25) is 0 Å². The Labute approximate surface area is 139 Å². The number of unbranched alkanes of at least 4 members (excludes halogenated alkanes) is 5. The van der Waals surface area contributed by atoms with E-state index in [0.717, 1.165) is 29.9 Å². The summed E-state index contributed by atoms with van der Waals surface area (Å²) in [4.78, 5) is 0. The van der Waals surface area contributed by atoms with Gasteiger partial charge in [-0.15, -0.1) is 0 Å². The van der Waals surface area contributed by atoms with Crippen LogP contribution in [0, 0.1) is 11.3 Å². The number of nitriles is 1. The molecule has 0 amide bonds. The zero-order valence-corrected chi connectivity index (χ0v) is 13.9. The van der Waals surface area contributed by atoms with E-state index in [9.17, 15) is 5.26 Å². The van der Waals surface area contributed by atoms with Gasteiger partial charge in [-0.2, -0.15) is 5.26 Å². The monoisotopic (exact) mass is 307 g/mol. The summed E-state index contributed by atoms with van der Waals surface area (Å²) in [5.74, 6) is 0.787. The van der Waals surface area contributed by atoms with Crippen molar-refractivity contribution in [3.8, 4) is 22.9 Å². The fourth-order valence-corrected chi connectivity index (χ4v) is 2.65. The maximum Gasteiger partial charge on any atom is 0.120 e. The lowest BCUT2D eigenvalue weighted by Crippen LogP contribution is -1.98. The highest BCUT2D eigenvalue weighted by Crippen LogP contribution is 2.27. The largest absolute Gasteiger partial charge is 0.494 e. The van der Waals surface area contributed by atoms with Crippen LogP contribution in [0.3, 0.4) is 0 Å². The van der Waals surface area contributed by atoms with Gasteiger partial charge in [-0.25, -0.2) is 0 Å². The van der Waals surface area contributed by atoms with Crippen LogP contribution in [0.25, 0.3) is 11.1 Å². The van der Waals surface area contributed by atoms with Crippen molar-refractivity contribution in [2.75, 3.05) is 6.61 Å². The number of rotatable bonds is 9. The van der Waals surface area contributed by atoms with Gasteiger partial charge >= 0.3 is 0 Å². The van der Waals surface area contributed by atoms with Gasteiger partial charge in [0.25, 0.3) is 0 Å². The Morgan fingerprint density at radius 3 is 2.39 bits per heavy atom. The molecule has 0 bridgehead atoms. The minimum atomic E-state index is 0.664. The van der Waals surface area contributed by atoms with Crippen molar-refractivity contribution in [3.05, 3.63) is 54.1 Å². The summed E-state index contributed by atoms with van der Waals surface area (Å²) in [6, 6.07) is 18.1. The third kappa shape index (κ3) is 5.45. The van der Waals surface area contributed by atoms with Gasteiger partial charge in [-0.1, -0.05) is 69.4 Å². The van der Waals surface area contributed by atoms with Gasteiger partial charge < -0.3 is 4.74 Å². The summed E-state index contributed by atoms with van der Waals surface area (Å²) in [7, 11) is 0. The molecule has 0 N–H and O–H groups in total. The summed E-state index contributed by atoms with van der Waals surface area (Å²) < 4.78 is 5.79. The highest BCUT2D eigenvalue weighted by Gasteiger charge is 2.06. The number of nitrogens with zero attached hydrogens (tertiary/aromatic N) is 1. The van der Waals surface area contributed by atoms with Crippen LogP contribution < -0.4 is 4.74 Å². The predicted octanol–water partition coefficient (Wildman–Crippen LogP) is 5.96. The first-order valence-corrected chi connectivity index (χ1v) is 8.57. The fourth-order valence-electron chi connectivity index (χ4n) is 2.65. The van der Waals surface area contributed by atoms with Crippen LogP contribution in [0.5, 0.6) is 5.75 Å². The molecule has 2 aromatic carbocycles. The predicted molar refractivity (Wildman–Crippen MR) is 95.5 cm³/mol. The molecule has 2 aromatic rings. The van der Waals surface area contributed by atoms with Gasteiger partial charge in [0, 0.05) is 0 Å². The Hall–Kier alpha value is -2.27. The highest BCUT2D eigenvalue weighted by atomic mass is 16.5. The van der Waals surface area contributed by atoms with Crippen LogP contribution in [-0.4, -0.2) is 6.61 Å². The lowest BCUT2D eigenvalue weighted by Gasteiger charge is -2.09. The molecule has 0 unspecified atom stereocenters. The normalized spacial score (nSPS) is 10.3. The number of benzene rings is 2. The molecule has 2 heteroatoms. The molecule has 0 aliphatic heterocycles. The number of hydrogen-bond donors (Lipinski definition) is 0. The minimum Gasteiger partial charge on any atom is -0.494 e. The molecule has 0 aliphatic carbocycles. The van der Waals surface area contributed by atoms with E-state index in [-0.39, 0.29) is 0 Å². The Morgan fingerprint density at radius 1 is 0.913 bits per heavy atom. The zero-order valence-electron chi connectivity index (χ0n) is 13.9. The molecular formula is C21H25NO. The molecule has 0 saturated carbocycles. The smallest absolute Gasteiger partial charge is 0.120 e. The molecule has 23 heavy (non-hydrogen) atoms. The molecule has 0 aromatic heterocycles. The van der Waals surface area contributed by atoms with E-state index in [1.165, 1.54) is 32.1 Å². The quantitative estimate of drug-likeness (QED) is 0.535. The van der Waals surface area contributed by atoms with Crippen molar-refractivity contribution < 1.29 is 4.74 Å². The van der Waals surface area contributed by atoms with Crippen LogP contribution in [0.2, 0.25) is 0 Å². The standard InChI is InChI=1S/C21H25NO/c1-2-3-4-5-6-10-15-23-20-13-14-21(19(16-20)17-22)18-11-8-7-9-12-18/h7-9,11-14,16H,2-6,10,15H2,1H3. The van der Waals surface area contributed by atoms with Gasteiger partial charge in [0.15, 0.2) is 0 Å². The van der Waals surface area contributed by atoms with Gasteiger partial charge in [-0.05, 0) is 35.7 Å². The molecule has 0 spiro atoms. The summed E-state index contributed by atoms with van der Waals surface area (Å²) in [6.07, 6.45) is 7.50. The molecule has 120 valence electrons. The van der Waals surface area contributed by atoms with Gasteiger partial charge in [-0.3, -0.25) is 0 Å². The van der Waals surface area contributed by atoms with E-state index in [4.69, 9.17) is 4.74 Å². The minimum absolute atomic E-state index is 0.664. The van der Waals surface area contributed by atoms with E-state index in [1.54, 1.807) is 0 Å². The lowest BCUT2D eigenvalue weighted by atomic mass is 10.0. The maximum atomic E-state index is 9.39. The molecule has 0 aliphatic rings. The first kappa shape index (κ1) is 17.1. The Bertz CT molecular complexity index is 628. The molecule has 0 saturated heterocycles. The number of hydrogen-bond acceptors (Lipinski definition) is 2. The van der Waals surface area contributed by atoms with Crippen molar-refractivity contribution in [1.82, 2.24) is 0 Å². The summed E-state index contributed by atoms with van der Waals surface area (Å²) in [6.45, 7) is 2.96. The Morgan fingerprint density at radius 2 is 1.65 bits per heavy atom. The third-order valence-corrected chi connectivity index (χ3v) is 3.96. The SMILES string of the molecule is CCCCCCCCOc1ccc(-c2ccccc2)c(C#N)c1. The van der Waals surface area contributed by atoms with E-state index < -0.39 is 0 Å². The fraction of sp³-hybridized carbons (Fsp3) is 0.381. The highest BCUT2D eigenvalue weighted by molar-refractivity contribution is 5.71. The molecule has 0 heterocycles. The first-order chi connectivity index (χ1) is 11.3. The third-order valence-electron chi connectivity index (χ3n) is 3.96. The van der Waals surface area contributed by atoms with Crippen molar-refractivity contribution in [1.29, 1.82) is 5.26 Å². The van der Waals surface area contributed by atoms with Crippen molar-refractivity contribution in [3.63, 3.8) is 0 Å². The van der Waals surface area contributed by atoms with E-state index in [2.05, 4.69) is 13.0 Å². The summed E-state index contributed by atoms with van der Waals surface area (Å²) in [5.41, 5.74) is 2.68. The second kappa shape index (κ2) is 9.69. The van der Waals surface area contributed by atoms with Crippen LogP contribution in [0.4, 0.5) is 0 Å². The van der Waals surface area contributed by atoms with Crippen molar-refractivity contribution in [2.45, 2.75) is 45.4 Å². The zero-order chi connectivity index (χ0) is 16.3. The number of ether oxygens (including phenoxy) is 1. The molecule has 0 atom stereocenters. The molecule has 0 radical (unpaired) electrons. The average Bonchev–Trinajstić information content (AvgIpc) is 2.61. The summed E-state index contributed by atoms with van der Waals surface area (Å²) in [5, 5.41) is 9.39. The van der Waals surface area contributed by atoms with E-state index in [0.29, 0.717) is 5.56 Å². The van der Waals surface area contributed by atoms with Crippen LogP contribution in [0.1, 0.15) is 51.0 Å². The molecule has 0 fully saturated rings. The van der Waals surface area contributed by atoms with Crippen molar-refractivity contribution in [2.24, 2.45) is 0 Å². The van der Waals surface area contributed by atoms with Crippen LogP contribution in [0.15, 0.2) is 48.5 Å². The van der Waals surface area contributed by atoms with Crippen LogP contribution in [-0.2, 0) is 0 Å². The van der Waals surface area contributed by atoms with E-state index >= 15 is 0 Å². The van der Waals surface area contributed by atoms with Crippen LogP contribution >= 0.6 is 0 Å². The first-order valence-electron chi connectivity index (χ1n) is 8.57. The Kier molecular flexibility index (Phi) is 7.20. The summed E-state index contributed by atoms with van der Waals surface area (Å²) >= 11 is 0.